The molecule has 21 heavy (non-hydrogen) atoms. The van der Waals surface area contributed by atoms with E-state index in [0.29, 0.717) is 5.75 Å². The minimum Gasteiger partial charge on any atom is -0.482 e. The second-order valence-corrected chi connectivity index (χ2v) is 5.41. The number of amides is 3. The monoisotopic (exact) mass is 289 g/mol. The molecule has 1 aromatic rings. The van der Waals surface area contributed by atoms with Crippen LogP contribution < -0.4 is 20.7 Å². The molecule has 0 atom stereocenters. The van der Waals surface area contributed by atoms with E-state index < -0.39 is 11.9 Å². The van der Waals surface area contributed by atoms with E-state index in [1.165, 1.54) is 5.56 Å². The molecule has 1 fully saturated rings. The van der Waals surface area contributed by atoms with Crippen molar-refractivity contribution in [3.63, 3.8) is 0 Å². The number of ether oxygens (including phenoxy) is 1. The van der Waals surface area contributed by atoms with Crippen molar-refractivity contribution in [2.24, 2.45) is 0 Å². The number of fused-ring (bicyclic) bond motifs is 1. The lowest BCUT2D eigenvalue weighted by molar-refractivity contribution is -0.121. The Morgan fingerprint density at radius 2 is 2.19 bits per heavy atom. The first-order valence-electron chi connectivity index (χ1n) is 7.31. The molecule has 3 rings (SSSR count). The molecule has 1 aromatic carbocycles. The van der Waals surface area contributed by atoms with Gasteiger partial charge in [0.15, 0.2) is 6.61 Å². The molecular weight excluding hydrogens is 270 g/mol. The van der Waals surface area contributed by atoms with Crippen molar-refractivity contribution in [3.8, 4) is 5.75 Å². The zero-order chi connectivity index (χ0) is 14.7. The molecule has 6 nitrogen and oxygen atoms in total. The summed E-state index contributed by atoms with van der Waals surface area (Å²) < 4.78 is 5.53. The predicted molar refractivity (Wildman–Crippen MR) is 78.4 cm³/mol. The highest BCUT2D eigenvalue weighted by Crippen LogP contribution is 2.31. The summed E-state index contributed by atoms with van der Waals surface area (Å²) in [6.45, 7) is 0.736. The average molecular weight is 289 g/mol. The Balaban J connectivity index is 1.52. The van der Waals surface area contributed by atoms with Crippen LogP contribution >= 0.6 is 0 Å². The highest BCUT2D eigenvalue weighted by molar-refractivity contribution is 5.95. The third-order valence-electron chi connectivity index (χ3n) is 3.56. The first-order valence-corrected chi connectivity index (χ1v) is 7.31. The first kappa shape index (κ1) is 13.7. The number of carbonyl (C=O) groups is 2. The third kappa shape index (κ3) is 3.65. The number of imide groups is 1. The van der Waals surface area contributed by atoms with E-state index in [2.05, 4.69) is 22.0 Å². The van der Waals surface area contributed by atoms with Crippen LogP contribution in [0.2, 0.25) is 0 Å². The minimum absolute atomic E-state index is 0.170. The van der Waals surface area contributed by atoms with Gasteiger partial charge in [0.05, 0.1) is 5.69 Å². The lowest BCUT2D eigenvalue weighted by Gasteiger charge is -2.20. The maximum absolute atomic E-state index is 11.7. The van der Waals surface area contributed by atoms with Crippen molar-refractivity contribution in [1.29, 1.82) is 0 Å². The molecule has 0 bridgehead atoms. The molecule has 3 N–H and O–H groups in total. The number of hydrogen-bond donors (Lipinski definition) is 3. The van der Waals surface area contributed by atoms with E-state index >= 15 is 0 Å². The number of para-hydroxylation sites is 1. The van der Waals surface area contributed by atoms with E-state index in [-0.39, 0.29) is 12.6 Å². The molecule has 2 aliphatic rings. The summed E-state index contributed by atoms with van der Waals surface area (Å²) in [5, 5.41) is 8.26. The van der Waals surface area contributed by atoms with Gasteiger partial charge in [-0.25, -0.2) is 4.79 Å². The number of benzene rings is 1. The minimum atomic E-state index is -0.445. The predicted octanol–water partition coefficient (Wildman–Crippen LogP) is 1.41. The van der Waals surface area contributed by atoms with Crippen molar-refractivity contribution in [2.45, 2.75) is 31.7 Å². The normalized spacial score (nSPS) is 16.4. The molecular formula is C15H19N3O3. The van der Waals surface area contributed by atoms with E-state index in [9.17, 15) is 9.59 Å². The number of hydrogen-bond acceptors (Lipinski definition) is 4. The topological polar surface area (TPSA) is 79.5 Å². The van der Waals surface area contributed by atoms with Crippen LogP contribution in [-0.4, -0.2) is 31.1 Å². The number of urea groups is 1. The Morgan fingerprint density at radius 1 is 1.33 bits per heavy atom. The average Bonchev–Trinajstić information content (AvgIpc) is 3.28. The van der Waals surface area contributed by atoms with E-state index in [1.54, 1.807) is 0 Å². The summed E-state index contributed by atoms with van der Waals surface area (Å²) in [7, 11) is 0. The van der Waals surface area contributed by atoms with Crippen LogP contribution in [0.5, 0.6) is 5.75 Å². The van der Waals surface area contributed by atoms with Crippen LogP contribution in [0.25, 0.3) is 0 Å². The highest BCUT2D eigenvalue weighted by atomic mass is 16.5. The van der Waals surface area contributed by atoms with Crippen LogP contribution in [0.15, 0.2) is 18.2 Å². The molecule has 1 aliphatic carbocycles. The lowest BCUT2D eigenvalue weighted by atomic mass is 10.0. The van der Waals surface area contributed by atoms with Gasteiger partial charge in [-0.2, -0.15) is 0 Å². The molecule has 1 saturated carbocycles. The van der Waals surface area contributed by atoms with Crippen LogP contribution in [0.4, 0.5) is 10.5 Å². The summed E-state index contributed by atoms with van der Waals surface area (Å²) in [6.07, 6.45) is 4.08. The van der Waals surface area contributed by atoms with Crippen molar-refractivity contribution < 1.29 is 14.3 Å². The third-order valence-corrected chi connectivity index (χ3v) is 3.56. The number of carbonyl (C=O) groups excluding carboxylic acids is 2. The van der Waals surface area contributed by atoms with E-state index in [0.717, 1.165) is 37.9 Å². The van der Waals surface area contributed by atoms with Crippen molar-refractivity contribution in [3.05, 3.63) is 23.8 Å². The molecule has 0 aromatic heterocycles. The van der Waals surface area contributed by atoms with Gasteiger partial charge in [0.2, 0.25) is 0 Å². The fraction of sp³-hybridized carbons (Fsp3) is 0.467. The molecule has 0 radical (unpaired) electrons. The van der Waals surface area contributed by atoms with Crippen LogP contribution in [0.1, 0.15) is 24.8 Å². The first-order chi connectivity index (χ1) is 10.2. The number of nitrogens with one attached hydrogen (secondary N) is 3. The van der Waals surface area contributed by atoms with Crippen molar-refractivity contribution in [1.82, 2.24) is 10.6 Å². The lowest BCUT2D eigenvalue weighted by Crippen LogP contribution is -2.42. The van der Waals surface area contributed by atoms with Crippen molar-refractivity contribution >= 4 is 17.6 Å². The Morgan fingerprint density at radius 3 is 3.00 bits per heavy atom. The molecule has 0 unspecified atom stereocenters. The van der Waals surface area contributed by atoms with Gasteiger partial charge in [0, 0.05) is 12.6 Å². The maximum Gasteiger partial charge on any atom is 0.321 e. The fourth-order valence-electron chi connectivity index (χ4n) is 2.35. The molecule has 3 amide bonds. The number of anilines is 1. The molecule has 0 saturated heterocycles. The molecule has 112 valence electrons. The Kier molecular flexibility index (Phi) is 3.94. The van der Waals surface area contributed by atoms with Gasteiger partial charge < -0.3 is 15.4 Å². The fourth-order valence-corrected chi connectivity index (χ4v) is 2.35. The summed E-state index contributed by atoms with van der Waals surface area (Å²) in [5.74, 6) is 0.214. The van der Waals surface area contributed by atoms with E-state index in [4.69, 9.17) is 4.74 Å². The summed E-state index contributed by atoms with van der Waals surface area (Å²) in [4.78, 5) is 23.1. The van der Waals surface area contributed by atoms with Gasteiger partial charge in [-0.3, -0.25) is 10.1 Å². The van der Waals surface area contributed by atoms with Crippen LogP contribution in [0.3, 0.4) is 0 Å². The van der Waals surface area contributed by atoms with Crippen LogP contribution in [0, 0.1) is 0 Å². The standard InChI is InChI=1S/C15H19N3O3/c19-13(18-15(20)17-11-6-7-11)9-21-12-5-1-3-10-4-2-8-16-14(10)12/h1,3,5,11,16H,2,4,6-9H2,(H2,17,18,19,20). The highest BCUT2D eigenvalue weighted by Gasteiger charge is 2.24. The SMILES string of the molecule is O=C(COc1cccc2c1NCCC2)NC(=O)NC1CC1. The van der Waals surface area contributed by atoms with E-state index in [1.807, 2.05) is 12.1 Å². The quantitative estimate of drug-likeness (QED) is 0.783. The van der Waals surface area contributed by atoms with Gasteiger partial charge in [-0.1, -0.05) is 12.1 Å². The zero-order valence-electron chi connectivity index (χ0n) is 11.8. The molecule has 1 aliphatic heterocycles. The summed E-state index contributed by atoms with van der Waals surface area (Å²) in [5.41, 5.74) is 2.16. The zero-order valence-corrected chi connectivity index (χ0v) is 11.8. The van der Waals surface area contributed by atoms with Crippen molar-refractivity contribution in [2.75, 3.05) is 18.5 Å². The smallest absolute Gasteiger partial charge is 0.321 e. The van der Waals surface area contributed by atoms with Gasteiger partial charge in [-0.15, -0.1) is 0 Å². The maximum atomic E-state index is 11.7. The van der Waals surface area contributed by atoms with Gasteiger partial charge >= 0.3 is 6.03 Å². The summed E-state index contributed by atoms with van der Waals surface area (Å²) >= 11 is 0. The van der Waals surface area contributed by atoms with Gasteiger partial charge in [-0.05, 0) is 37.3 Å². The second-order valence-electron chi connectivity index (χ2n) is 5.41. The summed E-state index contributed by atoms with van der Waals surface area (Å²) in [6, 6.07) is 5.58. The van der Waals surface area contributed by atoms with Crippen LogP contribution in [-0.2, 0) is 11.2 Å². The molecule has 1 heterocycles. The van der Waals surface area contributed by atoms with Gasteiger partial charge in [0.1, 0.15) is 5.75 Å². The molecule has 0 spiro atoms. The Hall–Kier alpha value is -2.24. The number of aryl methyl sites for hydroxylation is 1. The second kappa shape index (κ2) is 6.03. The van der Waals surface area contributed by atoms with Gasteiger partial charge in [0.25, 0.3) is 5.91 Å². The largest absolute Gasteiger partial charge is 0.482 e. The number of rotatable bonds is 4. The molecule has 6 heteroatoms. The Bertz CT molecular complexity index is 555. The Labute approximate surface area is 123 Å².